The van der Waals surface area contributed by atoms with Gasteiger partial charge in [-0.15, -0.1) is 0 Å². The topological polar surface area (TPSA) is 133 Å². The van der Waals surface area contributed by atoms with Gasteiger partial charge < -0.3 is 39.4 Å². The number of unbranched alkanes of at least 4 members (excludes halogenated alkanes) is 1. The number of methoxy groups -OCH3 is 1. The van der Waals surface area contributed by atoms with E-state index in [-0.39, 0.29) is 37.5 Å². The maximum absolute atomic E-state index is 13.3. The number of amides is 1. The summed E-state index contributed by atoms with van der Waals surface area (Å²) < 4.78 is 27.8. The maximum atomic E-state index is 13.3. The van der Waals surface area contributed by atoms with Gasteiger partial charge in [0, 0.05) is 38.1 Å². The minimum atomic E-state index is -0.903. The quantitative estimate of drug-likeness (QED) is 0.395. The number of carbonyl (C=O) groups excluding carboxylic acids is 1. The van der Waals surface area contributed by atoms with Gasteiger partial charge in [-0.3, -0.25) is 14.5 Å². The molecule has 0 aliphatic carbocycles. The van der Waals surface area contributed by atoms with Gasteiger partial charge in [0.2, 0.25) is 18.4 Å². The molecule has 3 aliphatic heterocycles. The number of rotatable bonds is 13. The maximum Gasteiger partial charge on any atom is 0.308 e. The van der Waals surface area contributed by atoms with Crippen molar-refractivity contribution in [3.63, 3.8) is 0 Å². The molecule has 11 nitrogen and oxygen atoms in total. The van der Waals surface area contributed by atoms with Crippen LogP contribution in [0, 0.1) is 5.92 Å². The molecule has 1 unspecified atom stereocenters. The molecule has 37 heavy (non-hydrogen) atoms. The first-order valence-electron chi connectivity index (χ1n) is 13.1. The predicted molar refractivity (Wildman–Crippen MR) is 134 cm³/mol. The second-order valence-electron chi connectivity index (χ2n) is 9.70. The zero-order valence-corrected chi connectivity index (χ0v) is 21.7. The van der Waals surface area contributed by atoms with Crippen LogP contribution in [-0.2, 0) is 19.1 Å². The largest absolute Gasteiger partial charge is 0.493 e. The summed E-state index contributed by atoms with van der Waals surface area (Å²) in [5.74, 6) is -0.498. The number of ether oxygens (including phenoxy) is 5. The van der Waals surface area contributed by atoms with Gasteiger partial charge >= 0.3 is 5.97 Å². The Morgan fingerprint density at radius 2 is 1.97 bits per heavy atom. The third-order valence-corrected chi connectivity index (χ3v) is 7.40. The van der Waals surface area contributed by atoms with Gasteiger partial charge in [0.05, 0.1) is 32.8 Å². The molecular formula is C26H39N3O8. The Labute approximate surface area is 217 Å². The average Bonchev–Trinajstić information content (AvgIpc) is 3.64. The van der Waals surface area contributed by atoms with Crippen LogP contribution in [0.5, 0.6) is 17.2 Å². The number of benzene rings is 1. The van der Waals surface area contributed by atoms with Crippen molar-refractivity contribution >= 4 is 11.9 Å². The number of carbonyl (C=O) groups is 2. The van der Waals surface area contributed by atoms with Gasteiger partial charge in [-0.2, -0.15) is 0 Å². The highest BCUT2D eigenvalue weighted by Gasteiger charge is 2.48. The average molecular weight is 522 g/mol. The van der Waals surface area contributed by atoms with Crippen molar-refractivity contribution in [1.29, 1.82) is 0 Å². The van der Waals surface area contributed by atoms with Gasteiger partial charge in [-0.05, 0) is 37.0 Å². The van der Waals surface area contributed by atoms with Crippen molar-refractivity contribution in [2.45, 2.75) is 50.9 Å². The molecule has 2 fully saturated rings. The van der Waals surface area contributed by atoms with Gasteiger partial charge in [0.1, 0.15) is 0 Å². The zero-order valence-electron chi connectivity index (χ0n) is 21.7. The van der Waals surface area contributed by atoms with Crippen molar-refractivity contribution in [2.24, 2.45) is 11.7 Å². The highest BCUT2D eigenvalue weighted by Crippen LogP contribution is 2.47. The first kappa shape index (κ1) is 27.4. The molecule has 4 rings (SSSR count). The molecule has 0 saturated carbocycles. The van der Waals surface area contributed by atoms with Crippen molar-refractivity contribution in [2.75, 3.05) is 59.8 Å². The summed E-state index contributed by atoms with van der Waals surface area (Å²) in [6, 6.07) is 3.28. The van der Waals surface area contributed by atoms with Crippen LogP contribution in [0.1, 0.15) is 44.1 Å². The highest BCUT2D eigenvalue weighted by molar-refractivity contribution is 5.79. The predicted octanol–water partition coefficient (Wildman–Crippen LogP) is 1.63. The highest BCUT2D eigenvalue weighted by atomic mass is 16.7. The molecule has 206 valence electrons. The fraction of sp³-hybridized carbons (Fsp3) is 0.692. The van der Waals surface area contributed by atoms with Crippen molar-refractivity contribution in [1.82, 2.24) is 9.80 Å². The first-order valence-corrected chi connectivity index (χ1v) is 13.1. The number of aliphatic carboxylic acids is 1. The summed E-state index contributed by atoms with van der Waals surface area (Å²) in [7, 11) is 1.54. The van der Waals surface area contributed by atoms with Crippen LogP contribution in [0.2, 0.25) is 0 Å². The van der Waals surface area contributed by atoms with Crippen LogP contribution >= 0.6 is 0 Å². The fourth-order valence-electron chi connectivity index (χ4n) is 5.57. The summed E-state index contributed by atoms with van der Waals surface area (Å²) in [5.41, 5.74) is 6.56. The van der Waals surface area contributed by atoms with Crippen LogP contribution < -0.4 is 19.9 Å². The first-order chi connectivity index (χ1) is 18.0. The molecular weight excluding hydrogens is 482 g/mol. The van der Waals surface area contributed by atoms with E-state index in [0.29, 0.717) is 69.5 Å². The second-order valence-corrected chi connectivity index (χ2v) is 9.70. The van der Waals surface area contributed by atoms with Crippen LogP contribution in [0.4, 0.5) is 0 Å². The summed E-state index contributed by atoms with van der Waals surface area (Å²) in [4.78, 5) is 29.8. The van der Waals surface area contributed by atoms with Crippen LogP contribution in [0.15, 0.2) is 12.1 Å². The third kappa shape index (κ3) is 6.28. The van der Waals surface area contributed by atoms with E-state index < -0.39 is 11.9 Å². The van der Waals surface area contributed by atoms with Gasteiger partial charge in [-0.25, -0.2) is 0 Å². The Hall–Kier alpha value is -2.60. The van der Waals surface area contributed by atoms with Gasteiger partial charge in [0.15, 0.2) is 17.8 Å². The lowest BCUT2D eigenvalue weighted by Crippen LogP contribution is -2.45. The van der Waals surface area contributed by atoms with E-state index in [9.17, 15) is 14.7 Å². The second kappa shape index (κ2) is 12.8. The zero-order chi connectivity index (χ0) is 26.4. The van der Waals surface area contributed by atoms with Gasteiger partial charge in [-0.1, -0.05) is 13.3 Å². The fourth-order valence-corrected chi connectivity index (χ4v) is 5.57. The van der Waals surface area contributed by atoms with E-state index in [1.807, 2.05) is 17.0 Å². The Balaban J connectivity index is 1.61. The van der Waals surface area contributed by atoms with Crippen molar-refractivity contribution in [3.05, 3.63) is 17.7 Å². The molecule has 1 aromatic rings. The number of carboxylic acid groups (broad SMARTS) is 1. The van der Waals surface area contributed by atoms with Crippen LogP contribution in [0.25, 0.3) is 0 Å². The minimum Gasteiger partial charge on any atom is -0.493 e. The molecule has 0 spiro atoms. The minimum absolute atomic E-state index is 0.0367. The molecule has 2 saturated heterocycles. The summed E-state index contributed by atoms with van der Waals surface area (Å²) in [6.07, 6.45) is 2.59. The lowest BCUT2D eigenvalue weighted by molar-refractivity contribution is -0.144. The summed E-state index contributed by atoms with van der Waals surface area (Å²) in [5, 5.41) is 10.4. The Bertz CT molecular complexity index is 939. The molecule has 3 atom stereocenters. The molecule has 0 bridgehead atoms. The van der Waals surface area contributed by atoms with E-state index in [4.69, 9.17) is 29.4 Å². The number of hydrogen-bond acceptors (Lipinski definition) is 9. The van der Waals surface area contributed by atoms with Crippen LogP contribution in [-0.4, -0.2) is 99.0 Å². The van der Waals surface area contributed by atoms with Crippen molar-refractivity contribution in [3.8, 4) is 17.2 Å². The number of fused-ring (bicyclic) bond motifs is 1. The molecule has 3 aliphatic rings. The molecule has 3 N–H and O–H groups in total. The Morgan fingerprint density at radius 1 is 1.19 bits per heavy atom. The van der Waals surface area contributed by atoms with E-state index in [0.717, 1.165) is 18.4 Å². The van der Waals surface area contributed by atoms with Crippen molar-refractivity contribution < 1.29 is 38.4 Å². The normalized spacial score (nSPS) is 23.5. The van der Waals surface area contributed by atoms with Crippen LogP contribution in [0.3, 0.4) is 0 Å². The number of likely N-dealkylation sites (tertiary alicyclic amines) is 1. The van der Waals surface area contributed by atoms with E-state index in [1.165, 1.54) is 0 Å². The van der Waals surface area contributed by atoms with E-state index in [1.54, 1.807) is 12.0 Å². The molecule has 11 heteroatoms. The molecule has 0 aromatic heterocycles. The lowest BCUT2D eigenvalue weighted by atomic mass is 9.83. The van der Waals surface area contributed by atoms with Gasteiger partial charge in [0.25, 0.3) is 0 Å². The molecule has 3 heterocycles. The smallest absolute Gasteiger partial charge is 0.308 e. The van der Waals surface area contributed by atoms with E-state index >= 15 is 0 Å². The summed E-state index contributed by atoms with van der Waals surface area (Å²) >= 11 is 0. The Morgan fingerprint density at radius 3 is 2.65 bits per heavy atom. The molecule has 1 amide bonds. The number of nitrogens with two attached hydrogens (primary N) is 1. The summed E-state index contributed by atoms with van der Waals surface area (Å²) in [6.45, 7) is 5.27. The lowest BCUT2D eigenvalue weighted by Gasteiger charge is -2.30. The monoisotopic (exact) mass is 521 g/mol. The van der Waals surface area contributed by atoms with E-state index in [2.05, 4.69) is 6.92 Å². The number of hydrogen-bond donors (Lipinski definition) is 2. The SMILES string of the molecule is CCCCN(CCN)C(=O)CN1C[C@H](c2cc(OC)c3c(c2)OCO3)C(C(=O)O)[C@@H]1CCC1OCCO1. The number of nitrogens with zero attached hydrogens (tertiary/aromatic N) is 2. The third-order valence-electron chi connectivity index (χ3n) is 7.40. The number of carboxylic acids is 1. The Kier molecular flexibility index (Phi) is 9.47. The standard InChI is InChI=1S/C26H39N3O8/c1-3-4-8-28(9-7-27)22(30)15-29-14-18(17-12-20(33-2)25-21(13-17)36-16-37-25)24(26(31)32)19(29)5-6-23-34-10-11-35-23/h12-13,18-19,23-24H,3-11,14-16,27H2,1-2H3,(H,31,32)/t18-,19+,24?/m1/s1. The molecule has 1 aromatic carbocycles. The molecule has 0 radical (unpaired) electrons.